The average molecular weight is 455 g/mol. The number of aromatic nitrogens is 3. The van der Waals surface area contributed by atoms with Gasteiger partial charge in [-0.05, 0) is 54.2 Å². The van der Waals surface area contributed by atoms with Crippen LogP contribution >= 0.6 is 0 Å². The van der Waals surface area contributed by atoms with Gasteiger partial charge >= 0.3 is 0 Å². The highest BCUT2D eigenvalue weighted by Crippen LogP contribution is 2.32. The van der Waals surface area contributed by atoms with E-state index < -0.39 is 0 Å². The second-order valence-corrected chi connectivity index (χ2v) is 8.99. The summed E-state index contributed by atoms with van der Waals surface area (Å²) in [7, 11) is 0. The minimum atomic E-state index is -0.155. The molecule has 1 aliphatic carbocycles. The predicted molar refractivity (Wildman–Crippen MR) is 135 cm³/mol. The summed E-state index contributed by atoms with van der Waals surface area (Å²) in [6, 6.07) is 19.9. The third-order valence-electron chi connectivity index (χ3n) is 6.58. The lowest BCUT2D eigenvalue weighted by Crippen LogP contribution is -2.24. The van der Waals surface area contributed by atoms with Crippen LogP contribution in [0.15, 0.2) is 77.9 Å². The van der Waals surface area contributed by atoms with Crippen molar-refractivity contribution in [2.75, 3.05) is 5.32 Å². The molecule has 0 bridgehead atoms. The number of ether oxygens (including phenoxy) is 1. The van der Waals surface area contributed by atoms with Crippen LogP contribution in [-0.4, -0.2) is 14.8 Å². The van der Waals surface area contributed by atoms with Crippen LogP contribution in [0.4, 0.5) is 5.69 Å². The maximum Gasteiger partial charge on any atom is 0.276 e. The number of hydrogen-bond donors (Lipinski definition) is 1. The van der Waals surface area contributed by atoms with E-state index in [0.717, 1.165) is 22.3 Å². The van der Waals surface area contributed by atoms with Gasteiger partial charge in [0, 0.05) is 17.3 Å². The fourth-order valence-electron chi connectivity index (χ4n) is 4.62. The van der Waals surface area contributed by atoms with Crippen LogP contribution < -0.4 is 10.9 Å². The van der Waals surface area contributed by atoms with E-state index in [1.165, 1.54) is 42.3 Å². The Labute approximate surface area is 199 Å². The molecule has 6 heteroatoms. The highest BCUT2D eigenvalue weighted by atomic mass is 16.5. The third-order valence-corrected chi connectivity index (χ3v) is 6.58. The molecule has 0 radical (unpaired) electrons. The normalized spacial score (nSPS) is 14.4. The zero-order valence-electron chi connectivity index (χ0n) is 19.3. The molecule has 0 atom stereocenters. The summed E-state index contributed by atoms with van der Waals surface area (Å²) in [5, 5.41) is 9.13. The first-order chi connectivity index (χ1) is 16.8. The molecule has 34 heavy (non-hydrogen) atoms. The lowest BCUT2D eigenvalue weighted by molar-refractivity contribution is 0.0533. The summed E-state index contributed by atoms with van der Waals surface area (Å²) in [6.45, 7) is 1.19. The molecule has 1 aliphatic rings. The van der Waals surface area contributed by atoms with Crippen molar-refractivity contribution in [2.24, 2.45) is 0 Å². The van der Waals surface area contributed by atoms with Gasteiger partial charge < -0.3 is 10.1 Å². The molecule has 1 saturated carbocycles. The average Bonchev–Trinajstić information content (AvgIpc) is 2.90. The van der Waals surface area contributed by atoms with Crippen LogP contribution in [0.3, 0.4) is 0 Å². The standard InChI is InChI=1S/C28H30N4O2/c33-28-27-14-13-25(30-18-26-12-11-23(16-29-26)22-9-5-2-6-10-22)15-24(27)17-31-32(28)20-34-19-21-7-3-1-4-8-21/h1,3-4,7-8,11-17,22,30H,2,5-6,9-10,18-20H2. The van der Waals surface area contributed by atoms with Crippen molar-refractivity contribution in [3.63, 3.8) is 0 Å². The number of benzene rings is 2. The molecular weight excluding hydrogens is 424 g/mol. The molecule has 174 valence electrons. The summed E-state index contributed by atoms with van der Waals surface area (Å²) in [5.74, 6) is 0.670. The smallest absolute Gasteiger partial charge is 0.276 e. The summed E-state index contributed by atoms with van der Waals surface area (Å²) < 4.78 is 7.03. The fourth-order valence-corrected chi connectivity index (χ4v) is 4.62. The second kappa shape index (κ2) is 10.6. The molecule has 2 aromatic heterocycles. The number of hydrogen-bond acceptors (Lipinski definition) is 5. The highest BCUT2D eigenvalue weighted by molar-refractivity contribution is 5.84. The van der Waals surface area contributed by atoms with Gasteiger partial charge in [0.25, 0.3) is 5.56 Å². The van der Waals surface area contributed by atoms with E-state index in [4.69, 9.17) is 4.74 Å². The Morgan fingerprint density at radius 1 is 0.971 bits per heavy atom. The Balaban J connectivity index is 1.20. The Kier molecular flexibility index (Phi) is 6.96. The molecule has 1 N–H and O–H groups in total. The Morgan fingerprint density at radius 3 is 2.62 bits per heavy atom. The molecule has 5 rings (SSSR count). The van der Waals surface area contributed by atoms with Crippen LogP contribution in [0.2, 0.25) is 0 Å². The molecule has 0 unspecified atom stereocenters. The first-order valence-electron chi connectivity index (χ1n) is 12.1. The predicted octanol–water partition coefficient (Wildman–Crippen LogP) is 5.63. The van der Waals surface area contributed by atoms with Crippen LogP contribution in [0.25, 0.3) is 10.8 Å². The van der Waals surface area contributed by atoms with Crippen LogP contribution in [0.5, 0.6) is 0 Å². The zero-order chi connectivity index (χ0) is 23.2. The molecule has 4 aromatic rings. The third kappa shape index (κ3) is 5.34. The summed E-state index contributed by atoms with van der Waals surface area (Å²) in [5.41, 5.74) is 4.21. The summed E-state index contributed by atoms with van der Waals surface area (Å²) in [4.78, 5) is 17.5. The number of nitrogens with zero attached hydrogens (tertiary/aromatic N) is 3. The van der Waals surface area contributed by atoms with Crippen LogP contribution in [0, 0.1) is 0 Å². The van der Waals surface area contributed by atoms with E-state index in [9.17, 15) is 4.79 Å². The fraction of sp³-hybridized carbons (Fsp3) is 0.321. The van der Waals surface area contributed by atoms with Crippen LogP contribution in [-0.2, 0) is 24.6 Å². The van der Waals surface area contributed by atoms with Crippen molar-refractivity contribution in [2.45, 2.75) is 57.9 Å². The second-order valence-electron chi connectivity index (χ2n) is 8.99. The molecule has 0 amide bonds. The Morgan fingerprint density at radius 2 is 1.82 bits per heavy atom. The lowest BCUT2D eigenvalue weighted by atomic mass is 9.85. The maximum atomic E-state index is 12.8. The van der Waals surface area contributed by atoms with Gasteiger partial charge in [0.1, 0.15) is 6.73 Å². The molecule has 0 aliphatic heterocycles. The highest BCUT2D eigenvalue weighted by Gasteiger charge is 2.15. The van der Waals surface area contributed by atoms with Crippen molar-refractivity contribution >= 4 is 16.5 Å². The monoisotopic (exact) mass is 454 g/mol. The van der Waals surface area contributed by atoms with Gasteiger partial charge in [-0.1, -0.05) is 55.7 Å². The van der Waals surface area contributed by atoms with E-state index in [0.29, 0.717) is 24.5 Å². The van der Waals surface area contributed by atoms with Gasteiger partial charge in [-0.25, -0.2) is 4.68 Å². The summed E-state index contributed by atoms with van der Waals surface area (Å²) in [6.07, 6.45) is 10.3. The number of pyridine rings is 1. The number of nitrogens with one attached hydrogen (secondary N) is 1. The maximum absolute atomic E-state index is 12.8. The van der Waals surface area contributed by atoms with E-state index >= 15 is 0 Å². The van der Waals surface area contributed by atoms with Gasteiger partial charge in [0.15, 0.2) is 0 Å². The van der Waals surface area contributed by atoms with E-state index in [2.05, 4.69) is 27.5 Å². The molecule has 1 fully saturated rings. The Bertz CT molecular complexity index is 1280. The van der Waals surface area contributed by atoms with Gasteiger partial charge in [0.05, 0.1) is 30.4 Å². The minimum absolute atomic E-state index is 0.117. The Hall–Kier alpha value is -3.51. The van der Waals surface area contributed by atoms with E-state index in [1.54, 1.807) is 6.20 Å². The first kappa shape index (κ1) is 22.3. The number of anilines is 1. The molecule has 0 spiro atoms. The van der Waals surface area contributed by atoms with Gasteiger partial charge in [-0.15, -0.1) is 0 Å². The van der Waals surface area contributed by atoms with E-state index in [-0.39, 0.29) is 12.3 Å². The van der Waals surface area contributed by atoms with Crippen molar-refractivity contribution in [1.82, 2.24) is 14.8 Å². The van der Waals surface area contributed by atoms with Gasteiger partial charge in [-0.2, -0.15) is 5.10 Å². The van der Waals surface area contributed by atoms with Gasteiger partial charge in [0.2, 0.25) is 0 Å². The minimum Gasteiger partial charge on any atom is -0.379 e. The molecule has 2 heterocycles. The largest absolute Gasteiger partial charge is 0.379 e. The molecule has 0 saturated heterocycles. The molecular formula is C28H30N4O2. The first-order valence-corrected chi connectivity index (χ1v) is 12.1. The van der Waals surface area contributed by atoms with Crippen LogP contribution in [0.1, 0.15) is 54.8 Å². The topological polar surface area (TPSA) is 69.0 Å². The zero-order valence-corrected chi connectivity index (χ0v) is 19.3. The SMILES string of the molecule is O=c1c2ccc(NCc3ccc(C4CCCCC4)cn3)cc2cnn1COCc1ccccc1. The van der Waals surface area contributed by atoms with Crippen molar-refractivity contribution in [1.29, 1.82) is 0 Å². The van der Waals surface area contributed by atoms with Crippen molar-refractivity contribution in [3.05, 3.63) is 100 Å². The van der Waals surface area contributed by atoms with Crippen molar-refractivity contribution in [3.8, 4) is 0 Å². The quantitative estimate of drug-likeness (QED) is 0.374. The number of fused-ring (bicyclic) bond motifs is 1. The number of rotatable bonds is 8. The summed E-state index contributed by atoms with van der Waals surface area (Å²) >= 11 is 0. The molecule has 6 nitrogen and oxygen atoms in total. The molecule has 2 aromatic carbocycles. The lowest BCUT2D eigenvalue weighted by Gasteiger charge is -2.21. The van der Waals surface area contributed by atoms with E-state index in [1.807, 2.05) is 54.7 Å². The van der Waals surface area contributed by atoms with Gasteiger partial charge in [-0.3, -0.25) is 9.78 Å². The van der Waals surface area contributed by atoms with Crippen molar-refractivity contribution < 1.29 is 4.74 Å².